The first-order chi connectivity index (χ1) is 12.1. The maximum atomic E-state index is 13.6. The molecule has 0 radical (unpaired) electrons. The minimum atomic E-state index is -4.88. The fourth-order valence-electron chi connectivity index (χ4n) is 2.32. The van der Waals surface area contributed by atoms with Gasteiger partial charge in [0.25, 0.3) is 5.91 Å². The van der Waals surface area contributed by atoms with Crippen molar-refractivity contribution in [1.82, 2.24) is 15.1 Å². The number of benzene rings is 1. The van der Waals surface area contributed by atoms with Crippen LogP contribution in [0.1, 0.15) is 21.6 Å². The maximum Gasteiger partial charge on any atom is 0.434 e. The number of carboxylic acids is 1. The van der Waals surface area contributed by atoms with Crippen molar-refractivity contribution in [3.05, 3.63) is 47.3 Å². The minimum absolute atomic E-state index is 0.128. The SMILES string of the molecule is COCC(NC(=O)c1cnn(-c2cccc(C)c2)c1C(F)(F)F)C(=O)O. The van der Waals surface area contributed by atoms with Gasteiger partial charge in [-0.25, -0.2) is 9.48 Å². The molecular weight excluding hydrogens is 355 g/mol. The summed E-state index contributed by atoms with van der Waals surface area (Å²) in [6, 6.07) is 4.67. The number of alkyl halides is 3. The number of methoxy groups -OCH3 is 1. The third kappa shape index (κ3) is 4.20. The van der Waals surface area contributed by atoms with Crippen molar-refractivity contribution < 1.29 is 32.6 Å². The van der Waals surface area contributed by atoms with Crippen LogP contribution in [0.4, 0.5) is 13.2 Å². The lowest BCUT2D eigenvalue weighted by Gasteiger charge is -2.15. The van der Waals surface area contributed by atoms with Crippen LogP contribution in [0.5, 0.6) is 0 Å². The number of aryl methyl sites for hydroxylation is 1. The summed E-state index contributed by atoms with van der Waals surface area (Å²) in [5.74, 6) is -2.64. The van der Waals surface area contributed by atoms with Gasteiger partial charge in [0.2, 0.25) is 0 Å². The molecule has 26 heavy (non-hydrogen) atoms. The number of carboxylic acid groups (broad SMARTS) is 1. The van der Waals surface area contributed by atoms with E-state index < -0.39 is 42.0 Å². The van der Waals surface area contributed by atoms with Crippen LogP contribution in [-0.2, 0) is 15.7 Å². The van der Waals surface area contributed by atoms with Crippen LogP contribution >= 0.6 is 0 Å². The Hall–Kier alpha value is -2.88. The van der Waals surface area contributed by atoms with Crippen molar-refractivity contribution in [2.75, 3.05) is 13.7 Å². The van der Waals surface area contributed by atoms with Crippen molar-refractivity contribution in [2.45, 2.75) is 19.1 Å². The number of aromatic nitrogens is 2. The summed E-state index contributed by atoms with van der Waals surface area (Å²) < 4.78 is 45.9. The molecule has 0 saturated carbocycles. The van der Waals surface area contributed by atoms with Gasteiger partial charge in [0, 0.05) is 7.11 Å². The predicted molar refractivity (Wildman–Crippen MR) is 84.1 cm³/mol. The number of hydrogen-bond donors (Lipinski definition) is 2. The van der Waals surface area contributed by atoms with E-state index in [0.29, 0.717) is 10.2 Å². The van der Waals surface area contributed by atoms with Crippen molar-refractivity contribution in [3.8, 4) is 5.69 Å². The molecule has 1 heterocycles. The molecule has 0 spiro atoms. The van der Waals surface area contributed by atoms with Gasteiger partial charge in [-0.2, -0.15) is 18.3 Å². The van der Waals surface area contributed by atoms with Gasteiger partial charge in [0.15, 0.2) is 11.7 Å². The molecule has 1 unspecified atom stereocenters. The zero-order valence-electron chi connectivity index (χ0n) is 13.9. The molecule has 7 nitrogen and oxygen atoms in total. The summed E-state index contributed by atoms with van der Waals surface area (Å²) >= 11 is 0. The van der Waals surface area contributed by atoms with Crippen LogP contribution in [0.25, 0.3) is 5.69 Å². The number of rotatable bonds is 6. The third-order valence-electron chi connectivity index (χ3n) is 3.47. The highest BCUT2D eigenvalue weighted by atomic mass is 19.4. The molecular formula is C16H16F3N3O4. The molecule has 1 aromatic carbocycles. The van der Waals surface area contributed by atoms with E-state index in [4.69, 9.17) is 5.11 Å². The minimum Gasteiger partial charge on any atom is -0.480 e. The van der Waals surface area contributed by atoms with E-state index in [0.717, 1.165) is 6.20 Å². The largest absolute Gasteiger partial charge is 0.480 e. The number of nitrogens with one attached hydrogen (secondary N) is 1. The maximum absolute atomic E-state index is 13.6. The van der Waals surface area contributed by atoms with Gasteiger partial charge in [-0.05, 0) is 24.6 Å². The fourth-order valence-corrected chi connectivity index (χ4v) is 2.32. The van der Waals surface area contributed by atoms with Crippen LogP contribution < -0.4 is 5.32 Å². The highest BCUT2D eigenvalue weighted by Gasteiger charge is 2.41. The van der Waals surface area contributed by atoms with Crippen LogP contribution in [0.15, 0.2) is 30.5 Å². The molecule has 0 aliphatic rings. The first-order valence-electron chi connectivity index (χ1n) is 7.40. The Morgan fingerprint density at radius 3 is 2.62 bits per heavy atom. The van der Waals surface area contributed by atoms with E-state index in [2.05, 4.69) is 9.84 Å². The molecule has 0 aliphatic heterocycles. The van der Waals surface area contributed by atoms with Gasteiger partial charge < -0.3 is 15.2 Å². The lowest BCUT2D eigenvalue weighted by atomic mass is 10.2. The van der Waals surface area contributed by atoms with Gasteiger partial charge in [-0.3, -0.25) is 4.79 Å². The lowest BCUT2D eigenvalue weighted by Crippen LogP contribution is -2.44. The molecule has 0 fully saturated rings. The Morgan fingerprint density at radius 2 is 2.08 bits per heavy atom. The Kier molecular flexibility index (Phi) is 5.66. The molecule has 2 rings (SSSR count). The smallest absolute Gasteiger partial charge is 0.434 e. The fraction of sp³-hybridized carbons (Fsp3) is 0.312. The molecule has 0 aliphatic carbocycles. The zero-order valence-corrected chi connectivity index (χ0v) is 13.9. The van der Waals surface area contributed by atoms with E-state index in [9.17, 15) is 22.8 Å². The molecule has 10 heteroatoms. The molecule has 0 saturated heterocycles. The molecule has 1 atom stereocenters. The number of carbonyl (C=O) groups excluding carboxylic acids is 1. The van der Waals surface area contributed by atoms with E-state index in [-0.39, 0.29) is 5.69 Å². The van der Waals surface area contributed by atoms with Crippen LogP contribution in [0, 0.1) is 6.92 Å². The van der Waals surface area contributed by atoms with Crippen LogP contribution in [0.3, 0.4) is 0 Å². The van der Waals surface area contributed by atoms with Gasteiger partial charge in [-0.1, -0.05) is 12.1 Å². The first-order valence-corrected chi connectivity index (χ1v) is 7.40. The Labute approximate surface area is 146 Å². The molecule has 2 N–H and O–H groups in total. The van der Waals surface area contributed by atoms with E-state index in [1.807, 2.05) is 5.32 Å². The average Bonchev–Trinajstić information content (AvgIpc) is 2.99. The molecule has 140 valence electrons. The Bertz CT molecular complexity index is 817. The normalized spacial score (nSPS) is 12.7. The predicted octanol–water partition coefficient (Wildman–Crippen LogP) is 2.03. The summed E-state index contributed by atoms with van der Waals surface area (Å²) in [7, 11) is 1.21. The summed E-state index contributed by atoms with van der Waals surface area (Å²) in [6.45, 7) is 1.31. The van der Waals surface area contributed by atoms with Gasteiger partial charge in [-0.15, -0.1) is 0 Å². The number of hydrogen-bond acceptors (Lipinski definition) is 4. The topological polar surface area (TPSA) is 93.5 Å². The highest BCUT2D eigenvalue weighted by molar-refractivity contribution is 5.97. The molecule has 2 aromatic rings. The van der Waals surface area contributed by atoms with Crippen molar-refractivity contribution in [3.63, 3.8) is 0 Å². The first kappa shape index (κ1) is 19.4. The second kappa shape index (κ2) is 7.56. The van der Waals surface area contributed by atoms with E-state index >= 15 is 0 Å². The van der Waals surface area contributed by atoms with E-state index in [1.165, 1.54) is 19.2 Å². The number of carbonyl (C=O) groups is 2. The van der Waals surface area contributed by atoms with Crippen LogP contribution in [0.2, 0.25) is 0 Å². The van der Waals surface area contributed by atoms with Crippen molar-refractivity contribution >= 4 is 11.9 Å². The lowest BCUT2D eigenvalue weighted by molar-refractivity contribution is -0.143. The van der Waals surface area contributed by atoms with Gasteiger partial charge >= 0.3 is 12.1 Å². The molecule has 1 amide bonds. The summed E-state index contributed by atoms with van der Waals surface area (Å²) in [4.78, 5) is 23.3. The summed E-state index contributed by atoms with van der Waals surface area (Å²) in [5.41, 5.74) is -1.23. The summed E-state index contributed by atoms with van der Waals surface area (Å²) in [5, 5.41) is 14.7. The number of nitrogens with zero attached hydrogens (tertiary/aromatic N) is 2. The zero-order chi connectivity index (χ0) is 19.5. The van der Waals surface area contributed by atoms with E-state index in [1.54, 1.807) is 19.1 Å². The monoisotopic (exact) mass is 371 g/mol. The third-order valence-corrected chi connectivity index (χ3v) is 3.47. The number of ether oxygens (including phenoxy) is 1. The molecule has 1 aromatic heterocycles. The Morgan fingerprint density at radius 1 is 1.38 bits per heavy atom. The molecule has 0 bridgehead atoms. The second-order valence-electron chi connectivity index (χ2n) is 5.48. The number of halogens is 3. The standard InChI is InChI=1S/C16H16F3N3O4/c1-9-4-3-5-10(6-9)22-13(16(17,18)19)11(7-20-22)14(23)21-12(8-26-2)15(24)25/h3-7,12H,8H2,1-2H3,(H,21,23)(H,24,25). The van der Waals surface area contributed by atoms with Gasteiger partial charge in [0.05, 0.1) is 24.1 Å². The summed E-state index contributed by atoms with van der Waals surface area (Å²) in [6.07, 6.45) is -4.13. The average molecular weight is 371 g/mol. The van der Waals surface area contributed by atoms with Gasteiger partial charge in [0.1, 0.15) is 0 Å². The number of aliphatic carboxylic acids is 1. The Balaban J connectivity index is 2.47. The van der Waals surface area contributed by atoms with Crippen molar-refractivity contribution in [2.24, 2.45) is 0 Å². The van der Waals surface area contributed by atoms with Crippen molar-refractivity contribution in [1.29, 1.82) is 0 Å². The highest BCUT2D eigenvalue weighted by Crippen LogP contribution is 2.33. The van der Waals surface area contributed by atoms with Crippen LogP contribution in [-0.4, -0.2) is 46.5 Å². The quantitative estimate of drug-likeness (QED) is 0.811. The second-order valence-corrected chi connectivity index (χ2v) is 5.48. The number of amides is 1.